The van der Waals surface area contributed by atoms with Crippen molar-refractivity contribution in [2.24, 2.45) is 11.8 Å². The molecule has 3 N–H and O–H groups in total. The minimum Gasteiger partial charge on any atom is -0.454 e. The molecule has 6 rings (SSSR count). The number of carbonyl (C=O) groups excluding carboxylic acids is 2. The number of aromatic nitrogens is 4. The second-order valence-electron chi connectivity index (χ2n) is 11.9. The average molecular weight is 691 g/mol. The fraction of sp³-hybridized carbons (Fsp3) is 0.371. The second kappa shape index (κ2) is 15.9. The zero-order valence-electron chi connectivity index (χ0n) is 27.5. The zero-order valence-corrected chi connectivity index (χ0v) is 27.5. The van der Waals surface area contributed by atoms with Crippen molar-refractivity contribution in [3.63, 3.8) is 0 Å². The topological polar surface area (TPSA) is 201 Å². The summed E-state index contributed by atoms with van der Waals surface area (Å²) in [5.41, 5.74) is -1.50. The fourth-order valence-corrected chi connectivity index (χ4v) is 5.95. The van der Waals surface area contributed by atoms with Gasteiger partial charge in [-0.05, 0) is 30.7 Å². The van der Waals surface area contributed by atoms with Gasteiger partial charge in [-0.25, -0.2) is 19.2 Å². The van der Waals surface area contributed by atoms with E-state index in [4.69, 9.17) is 18.9 Å². The Balaban J connectivity index is 0.000000194. The van der Waals surface area contributed by atoms with Crippen molar-refractivity contribution in [3.8, 4) is 0 Å². The van der Waals surface area contributed by atoms with E-state index in [-0.39, 0.29) is 24.5 Å². The number of rotatable bonds is 8. The largest absolute Gasteiger partial charge is 0.454 e. The highest BCUT2D eigenvalue weighted by molar-refractivity contribution is 5.90. The van der Waals surface area contributed by atoms with E-state index in [1.165, 1.54) is 29.1 Å². The minimum absolute atomic E-state index is 0.0958. The molecule has 0 amide bonds. The Morgan fingerprint density at radius 1 is 0.680 bits per heavy atom. The van der Waals surface area contributed by atoms with Crippen LogP contribution in [0.1, 0.15) is 60.4 Å². The summed E-state index contributed by atoms with van der Waals surface area (Å²) in [5, 5.41) is 9.47. The van der Waals surface area contributed by atoms with Gasteiger partial charge in [-0.15, -0.1) is 0 Å². The van der Waals surface area contributed by atoms with Crippen LogP contribution in [0.4, 0.5) is 0 Å². The Bertz CT molecular complexity index is 1860. The number of carbonyl (C=O) groups is 2. The van der Waals surface area contributed by atoms with Crippen LogP contribution in [-0.4, -0.2) is 67.2 Å². The molecule has 15 nitrogen and oxygen atoms in total. The van der Waals surface area contributed by atoms with Crippen LogP contribution >= 0.6 is 0 Å². The van der Waals surface area contributed by atoms with Crippen LogP contribution in [0.5, 0.6) is 0 Å². The van der Waals surface area contributed by atoms with Crippen molar-refractivity contribution >= 4 is 11.9 Å². The summed E-state index contributed by atoms with van der Waals surface area (Å²) in [6.07, 6.45) is -0.554. The van der Waals surface area contributed by atoms with Gasteiger partial charge in [0.05, 0.1) is 29.9 Å². The van der Waals surface area contributed by atoms with Crippen molar-refractivity contribution in [1.82, 2.24) is 19.1 Å². The van der Waals surface area contributed by atoms with Gasteiger partial charge in [-0.2, -0.15) is 0 Å². The van der Waals surface area contributed by atoms with Crippen LogP contribution in [0, 0.1) is 11.8 Å². The molecule has 264 valence electrons. The number of aromatic amines is 2. The van der Waals surface area contributed by atoms with E-state index >= 15 is 0 Å². The predicted octanol–water partition coefficient (Wildman–Crippen LogP) is 1.99. The van der Waals surface area contributed by atoms with E-state index in [1.54, 1.807) is 61.5 Å². The molecule has 50 heavy (non-hydrogen) atoms. The second-order valence-corrected chi connectivity index (χ2v) is 11.9. The summed E-state index contributed by atoms with van der Waals surface area (Å²) in [6, 6.07) is 19.5. The summed E-state index contributed by atoms with van der Waals surface area (Å²) in [6.45, 7) is 5.37. The third-order valence-electron chi connectivity index (χ3n) is 8.74. The number of benzene rings is 2. The molecule has 4 aromatic rings. The molecule has 0 radical (unpaired) electrons. The van der Waals surface area contributed by atoms with Gasteiger partial charge in [0.15, 0.2) is 24.7 Å². The first-order valence-corrected chi connectivity index (χ1v) is 16.1. The lowest BCUT2D eigenvalue weighted by atomic mass is 9.98. The molecular formula is C35H38N4O11. The molecule has 15 heteroatoms. The Labute approximate surface area is 285 Å². The van der Waals surface area contributed by atoms with E-state index in [9.17, 15) is 33.9 Å². The van der Waals surface area contributed by atoms with Gasteiger partial charge in [-0.1, -0.05) is 57.2 Å². The number of H-pyrrole nitrogens is 2. The Morgan fingerprint density at radius 2 is 1.08 bits per heavy atom. The first-order valence-electron chi connectivity index (χ1n) is 16.1. The molecule has 2 aliphatic rings. The quantitative estimate of drug-likeness (QED) is 0.228. The van der Waals surface area contributed by atoms with Crippen LogP contribution in [0.25, 0.3) is 0 Å². The maximum atomic E-state index is 12.4. The zero-order chi connectivity index (χ0) is 35.9. The first-order chi connectivity index (χ1) is 24.0. The smallest absolute Gasteiger partial charge is 0.338 e. The van der Waals surface area contributed by atoms with Gasteiger partial charge in [0.1, 0.15) is 0 Å². The van der Waals surface area contributed by atoms with E-state index in [1.807, 2.05) is 19.9 Å². The Kier molecular flexibility index (Phi) is 11.4. The van der Waals surface area contributed by atoms with Gasteiger partial charge in [0, 0.05) is 36.4 Å². The van der Waals surface area contributed by atoms with Crippen LogP contribution in [0.15, 0.2) is 104 Å². The van der Waals surface area contributed by atoms with Crippen molar-refractivity contribution in [1.29, 1.82) is 0 Å². The number of hydrogen-bond donors (Lipinski definition) is 3. The number of aliphatic hydroxyl groups excluding tert-OH is 1. The average Bonchev–Trinajstić information content (AvgIpc) is 3.60. The van der Waals surface area contributed by atoms with E-state index in [0.717, 1.165) is 11.0 Å². The molecule has 2 fully saturated rings. The fourth-order valence-electron chi connectivity index (χ4n) is 5.95. The van der Waals surface area contributed by atoms with Crippen LogP contribution < -0.4 is 22.5 Å². The molecule has 0 unspecified atom stereocenters. The number of hydrogen-bond acceptors (Lipinski definition) is 11. The van der Waals surface area contributed by atoms with Crippen molar-refractivity contribution in [3.05, 3.63) is 138 Å². The molecule has 2 saturated heterocycles. The summed E-state index contributed by atoms with van der Waals surface area (Å²) in [4.78, 5) is 75.9. The van der Waals surface area contributed by atoms with Gasteiger partial charge < -0.3 is 24.1 Å². The monoisotopic (exact) mass is 690 g/mol. The van der Waals surface area contributed by atoms with Crippen LogP contribution in [-0.2, 0) is 18.9 Å². The van der Waals surface area contributed by atoms with E-state index in [2.05, 4.69) is 9.97 Å². The summed E-state index contributed by atoms with van der Waals surface area (Å²) in [5.74, 6) is -1.47. The van der Waals surface area contributed by atoms with Crippen LogP contribution in [0.3, 0.4) is 0 Å². The Morgan fingerprint density at radius 3 is 1.46 bits per heavy atom. The summed E-state index contributed by atoms with van der Waals surface area (Å²) >= 11 is 0. The standard InChI is InChI=1S/C18H20N2O5.C17H18N2O6/c1-3-13-11(2)15(25-17(22)12-7-5-4-6-8-12)16(24-13)20-10-9-14(21)19-18(20)23;1-10-12(9-20)24-15(19-8-7-13(21)18-17(19)23)14(10)25-16(22)11-5-3-2-4-6-11/h4-11,13,15-16H,3H2,1-2H3,(H,19,21,23);2-8,10,12,14-15,20H,9H2,1H3,(H,18,21,23)/t11-,13-,15-,16-;10-,12-,14-,15-/m11/s1. The van der Waals surface area contributed by atoms with Gasteiger partial charge in [-0.3, -0.25) is 28.7 Å². The SMILES string of the molecule is CC[C@H]1O[C@@H](n2ccc(=O)[nH]c2=O)[C@H](OC(=O)c2ccccc2)[C@@H]1C.C[C@H]1[C@@H](OC(=O)c2ccccc2)[C@H](n2ccc(=O)[nH]c2=O)O[C@@H]1CO. The third kappa shape index (κ3) is 7.91. The maximum Gasteiger partial charge on any atom is 0.338 e. The highest BCUT2D eigenvalue weighted by Crippen LogP contribution is 2.37. The molecule has 0 saturated carbocycles. The van der Waals surface area contributed by atoms with Crippen molar-refractivity contribution in [2.75, 3.05) is 6.61 Å². The molecule has 8 atom stereocenters. The third-order valence-corrected chi connectivity index (χ3v) is 8.74. The molecule has 0 aliphatic carbocycles. The van der Waals surface area contributed by atoms with E-state index in [0.29, 0.717) is 11.1 Å². The molecule has 4 heterocycles. The highest BCUT2D eigenvalue weighted by Gasteiger charge is 2.46. The highest BCUT2D eigenvalue weighted by atomic mass is 16.6. The number of esters is 2. The lowest BCUT2D eigenvalue weighted by Crippen LogP contribution is -2.37. The normalized spacial score (nSPS) is 25.7. The van der Waals surface area contributed by atoms with Crippen LogP contribution in [0.2, 0.25) is 0 Å². The lowest BCUT2D eigenvalue weighted by molar-refractivity contribution is -0.0602. The molecule has 2 aromatic carbocycles. The van der Waals surface area contributed by atoms with Gasteiger partial charge in [0.2, 0.25) is 0 Å². The molecule has 0 spiro atoms. The molecule has 0 bridgehead atoms. The lowest BCUT2D eigenvalue weighted by Gasteiger charge is -2.22. The van der Waals surface area contributed by atoms with Gasteiger partial charge >= 0.3 is 23.3 Å². The number of nitrogens with one attached hydrogen (secondary N) is 2. The number of aliphatic hydroxyl groups is 1. The maximum absolute atomic E-state index is 12.4. The molecular weight excluding hydrogens is 652 g/mol. The van der Waals surface area contributed by atoms with Crippen molar-refractivity contribution in [2.45, 2.75) is 64.1 Å². The summed E-state index contributed by atoms with van der Waals surface area (Å²) < 4.78 is 25.3. The Hall–Kier alpha value is -5.38. The predicted molar refractivity (Wildman–Crippen MR) is 177 cm³/mol. The van der Waals surface area contributed by atoms with E-state index < -0.39 is 65.2 Å². The molecule has 2 aromatic heterocycles. The van der Waals surface area contributed by atoms with Gasteiger partial charge in [0.25, 0.3) is 11.1 Å². The molecule has 2 aliphatic heterocycles. The minimum atomic E-state index is -0.941. The number of nitrogens with zero attached hydrogens (tertiary/aromatic N) is 2. The van der Waals surface area contributed by atoms with Crippen molar-refractivity contribution < 1.29 is 33.6 Å². The number of ether oxygens (including phenoxy) is 4. The first kappa shape index (κ1) is 35.9. The summed E-state index contributed by atoms with van der Waals surface area (Å²) in [7, 11) is 0.